The SMILES string of the molecule is CCC1(C(=O)Oc2ccc(S(=O)(=O)CC)cc2)CC1. The molecule has 1 saturated carbocycles. The molecule has 1 fully saturated rings. The summed E-state index contributed by atoms with van der Waals surface area (Å²) in [6.07, 6.45) is 2.55. The molecule has 0 radical (unpaired) electrons. The third kappa shape index (κ3) is 2.81. The Bertz CT molecular complexity index is 568. The lowest BCUT2D eigenvalue weighted by Crippen LogP contribution is -2.21. The highest BCUT2D eigenvalue weighted by Crippen LogP contribution is 2.49. The lowest BCUT2D eigenvalue weighted by Gasteiger charge is -2.11. The van der Waals surface area contributed by atoms with Crippen molar-refractivity contribution in [1.82, 2.24) is 0 Å². The van der Waals surface area contributed by atoms with Crippen molar-refractivity contribution in [1.29, 1.82) is 0 Å². The van der Waals surface area contributed by atoms with Crippen LogP contribution in [0.2, 0.25) is 0 Å². The van der Waals surface area contributed by atoms with Gasteiger partial charge in [-0.25, -0.2) is 8.42 Å². The molecule has 4 nitrogen and oxygen atoms in total. The summed E-state index contributed by atoms with van der Waals surface area (Å²) < 4.78 is 28.6. The summed E-state index contributed by atoms with van der Waals surface area (Å²) in [5, 5.41) is 0. The molecule has 0 aliphatic heterocycles. The van der Waals surface area contributed by atoms with Crippen molar-refractivity contribution < 1.29 is 17.9 Å². The fraction of sp³-hybridized carbons (Fsp3) is 0.500. The minimum atomic E-state index is -3.20. The first kappa shape index (κ1) is 14.1. The van der Waals surface area contributed by atoms with Gasteiger partial charge in [-0.1, -0.05) is 13.8 Å². The van der Waals surface area contributed by atoms with Gasteiger partial charge in [0.1, 0.15) is 5.75 Å². The van der Waals surface area contributed by atoms with Gasteiger partial charge in [0.2, 0.25) is 0 Å². The maximum absolute atomic E-state index is 11.9. The quantitative estimate of drug-likeness (QED) is 0.615. The van der Waals surface area contributed by atoms with Crippen LogP contribution in [0.1, 0.15) is 33.1 Å². The Labute approximate surface area is 113 Å². The highest BCUT2D eigenvalue weighted by molar-refractivity contribution is 7.91. The van der Waals surface area contributed by atoms with E-state index in [1.807, 2.05) is 6.92 Å². The number of rotatable bonds is 5. The molecule has 0 spiro atoms. The van der Waals surface area contributed by atoms with Gasteiger partial charge in [0.25, 0.3) is 0 Å². The maximum atomic E-state index is 11.9. The monoisotopic (exact) mass is 282 g/mol. The molecule has 2 rings (SSSR count). The fourth-order valence-electron chi connectivity index (χ4n) is 1.95. The minimum Gasteiger partial charge on any atom is -0.426 e. The molecule has 0 unspecified atom stereocenters. The molecule has 5 heteroatoms. The molecule has 0 heterocycles. The molecular weight excluding hydrogens is 264 g/mol. The van der Waals surface area contributed by atoms with E-state index in [-0.39, 0.29) is 22.0 Å². The third-order valence-corrected chi connectivity index (χ3v) is 5.49. The first-order valence-electron chi connectivity index (χ1n) is 6.48. The largest absolute Gasteiger partial charge is 0.426 e. The second-order valence-corrected chi connectivity index (χ2v) is 7.18. The van der Waals surface area contributed by atoms with E-state index in [9.17, 15) is 13.2 Å². The van der Waals surface area contributed by atoms with Crippen LogP contribution in [-0.4, -0.2) is 20.1 Å². The average Bonchev–Trinajstić information content (AvgIpc) is 3.20. The number of hydrogen-bond acceptors (Lipinski definition) is 4. The molecule has 0 N–H and O–H groups in total. The average molecular weight is 282 g/mol. The Hall–Kier alpha value is -1.36. The molecule has 0 saturated heterocycles. The van der Waals surface area contributed by atoms with Crippen molar-refractivity contribution in [2.45, 2.75) is 38.0 Å². The Morgan fingerprint density at radius 3 is 2.21 bits per heavy atom. The van der Waals surface area contributed by atoms with Gasteiger partial charge in [0.15, 0.2) is 9.84 Å². The van der Waals surface area contributed by atoms with Gasteiger partial charge >= 0.3 is 5.97 Å². The van der Waals surface area contributed by atoms with Gasteiger partial charge in [0, 0.05) is 0 Å². The Morgan fingerprint density at radius 2 is 1.79 bits per heavy atom. The number of hydrogen-bond donors (Lipinski definition) is 0. The summed E-state index contributed by atoms with van der Waals surface area (Å²) >= 11 is 0. The zero-order chi connectivity index (χ0) is 14.1. The molecule has 1 aliphatic carbocycles. The molecule has 0 aromatic heterocycles. The topological polar surface area (TPSA) is 60.4 Å². The summed E-state index contributed by atoms with van der Waals surface area (Å²) in [6, 6.07) is 6.03. The summed E-state index contributed by atoms with van der Waals surface area (Å²) in [5.74, 6) is 0.256. The van der Waals surface area contributed by atoms with Gasteiger partial charge in [0.05, 0.1) is 16.1 Å². The zero-order valence-corrected chi connectivity index (χ0v) is 12.0. The van der Waals surface area contributed by atoms with Crippen LogP contribution in [0.25, 0.3) is 0 Å². The van der Waals surface area contributed by atoms with Crippen molar-refractivity contribution in [3.05, 3.63) is 24.3 Å². The van der Waals surface area contributed by atoms with E-state index in [1.165, 1.54) is 24.3 Å². The summed E-state index contributed by atoms with van der Waals surface area (Å²) in [6.45, 7) is 3.58. The van der Waals surface area contributed by atoms with Crippen molar-refractivity contribution in [2.75, 3.05) is 5.75 Å². The number of carbonyl (C=O) groups is 1. The lowest BCUT2D eigenvalue weighted by atomic mass is 10.1. The van der Waals surface area contributed by atoms with Gasteiger partial charge in [-0.15, -0.1) is 0 Å². The Balaban J connectivity index is 2.10. The number of esters is 1. The molecule has 19 heavy (non-hydrogen) atoms. The standard InChI is InChI=1S/C14H18O4S/c1-3-14(9-10-14)13(15)18-11-5-7-12(8-6-11)19(16,17)4-2/h5-8H,3-4,9-10H2,1-2H3. The number of sulfone groups is 1. The summed E-state index contributed by atoms with van der Waals surface area (Å²) in [5.41, 5.74) is -0.297. The summed E-state index contributed by atoms with van der Waals surface area (Å²) in [7, 11) is -3.20. The van der Waals surface area contributed by atoms with Crippen LogP contribution in [0.5, 0.6) is 5.75 Å². The second kappa shape index (κ2) is 4.96. The molecule has 1 aromatic carbocycles. The smallest absolute Gasteiger partial charge is 0.317 e. The molecule has 0 amide bonds. The first-order chi connectivity index (χ1) is 8.93. The van der Waals surface area contributed by atoms with E-state index in [1.54, 1.807) is 6.92 Å². The highest BCUT2D eigenvalue weighted by Gasteiger charge is 2.49. The van der Waals surface area contributed by atoms with Crippen molar-refractivity contribution >= 4 is 15.8 Å². The lowest BCUT2D eigenvalue weighted by molar-refractivity contribution is -0.140. The number of ether oxygens (including phenoxy) is 1. The summed E-state index contributed by atoms with van der Waals surface area (Å²) in [4.78, 5) is 12.2. The van der Waals surface area contributed by atoms with Gasteiger partial charge in [-0.05, 0) is 43.5 Å². The number of carbonyl (C=O) groups excluding carboxylic acids is 1. The molecule has 1 aromatic rings. The van der Waals surface area contributed by atoms with Crippen LogP contribution in [0.4, 0.5) is 0 Å². The van der Waals surface area contributed by atoms with E-state index < -0.39 is 9.84 Å². The van der Waals surface area contributed by atoms with E-state index in [0.29, 0.717) is 5.75 Å². The van der Waals surface area contributed by atoms with Gasteiger partial charge < -0.3 is 4.74 Å². The van der Waals surface area contributed by atoms with Crippen LogP contribution in [-0.2, 0) is 14.6 Å². The minimum absolute atomic E-state index is 0.0606. The Kier molecular flexibility index (Phi) is 3.67. The van der Waals surface area contributed by atoms with Crippen molar-refractivity contribution in [3.63, 3.8) is 0 Å². The first-order valence-corrected chi connectivity index (χ1v) is 8.14. The molecule has 1 aliphatic rings. The van der Waals surface area contributed by atoms with E-state index >= 15 is 0 Å². The third-order valence-electron chi connectivity index (χ3n) is 3.74. The predicted octanol–water partition coefficient (Wildman–Crippen LogP) is 2.58. The van der Waals surface area contributed by atoms with E-state index in [4.69, 9.17) is 4.74 Å². The van der Waals surface area contributed by atoms with Crippen LogP contribution >= 0.6 is 0 Å². The van der Waals surface area contributed by atoms with Crippen LogP contribution < -0.4 is 4.74 Å². The second-order valence-electron chi connectivity index (χ2n) is 4.90. The predicted molar refractivity (Wildman–Crippen MR) is 71.8 cm³/mol. The molecule has 0 bridgehead atoms. The van der Waals surface area contributed by atoms with Crippen LogP contribution in [0.15, 0.2) is 29.2 Å². The highest BCUT2D eigenvalue weighted by atomic mass is 32.2. The van der Waals surface area contributed by atoms with Crippen LogP contribution in [0.3, 0.4) is 0 Å². The number of benzene rings is 1. The van der Waals surface area contributed by atoms with Crippen molar-refractivity contribution in [2.24, 2.45) is 5.41 Å². The molecular formula is C14H18O4S. The fourth-order valence-corrected chi connectivity index (χ4v) is 2.83. The van der Waals surface area contributed by atoms with Crippen LogP contribution in [0, 0.1) is 5.41 Å². The van der Waals surface area contributed by atoms with Gasteiger partial charge in [-0.3, -0.25) is 4.79 Å². The van der Waals surface area contributed by atoms with E-state index in [0.717, 1.165) is 19.3 Å². The van der Waals surface area contributed by atoms with E-state index in [2.05, 4.69) is 0 Å². The zero-order valence-electron chi connectivity index (χ0n) is 11.2. The maximum Gasteiger partial charge on any atom is 0.317 e. The Morgan fingerprint density at radius 1 is 1.21 bits per heavy atom. The molecule has 0 atom stereocenters. The molecule has 104 valence electrons. The van der Waals surface area contributed by atoms with Crippen molar-refractivity contribution in [3.8, 4) is 5.75 Å². The van der Waals surface area contributed by atoms with Gasteiger partial charge in [-0.2, -0.15) is 0 Å². The normalized spacial score (nSPS) is 16.9.